The van der Waals surface area contributed by atoms with Crippen molar-refractivity contribution in [3.8, 4) is 17.5 Å². The smallest absolute Gasteiger partial charge is 0.263 e. The molecule has 0 spiro atoms. The van der Waals surface area contributed by atoms with Gasteiger partial charge in [-0.05, 0) is 12.1 Å². The third kappa shape index (κ3) is 1.47. The van der Waals surface area contributed by atoms with Crippen LogP contribution in [-0.2, 0) is 0 Å². The highest BCUT2D eigenvalue weighted by molar-refractivity contribution is 5.76. The fraction of sp³-hybridized carbons (Fsp3) is 0.167. The Morgan fingerprint density at radius 2 is 2.00 bits per heavy atom. The molecule has 0 saturated carbocycles. The van der Waals surface area contributed by atoms with Gasteiger partial charge in [-0.25, -0.2) is 0 Å². The van der Waals surface area contributed by atoms with Gasteiger partial charge >= 0.3 is 0 Å². The molecular formula is C12H11N3O2. The molecule has 1 aliphatic rings. The van der Waals surface area contributed by atoms with E-state index in [1.54, 1.807) is 13.2 Å². The molecule has 0 aliphatic carbocycles. The molecule has 5 heteroatoms. The van der Waals surface area contributed by atoms with Crippen LogP contribution in [0.4, 0.5) is 11.4 Å². The average Bonchev–Trinajstić information content (AvgIpc) is 2.39. The number of hydrogen-bond acceptors (Lipinski definition) is 5. The van der Waals surface area contributed by atoms with E-state index in [0.717, 1.165) is 17.1 Å². The van der Waals surface area contributed by atoms with E-state index in [9.17, 15) is 0 Å². The maximum absolute atomic E-state index is 5.68. The molecule has 0 amide bonds. The fourth-order valence-corrected chi connectivity index (χ4v) is 1.82. The molecule has 1 aromatic heterocycles. The van der Waals surface area contributed by atoms with Gasteiger partial charge in [0.15, 0.2) is 5.75 Å². The van der Waals surface area contributed by atoms with E-state index in [0.29, 0.717) is 11.8 Å². The Hall–Kier alpha value is -2.30. The molecule has 3 rings (SSSR count). The van der Waals surface area contributed by atoms with Gasteiger partial charge < -0.3 is 14.4 Å². The monoisotopic (exact) mass is 229 g/mol. The summed E-state index contributed by atoms with van der Waals surface area (Å²) in [6.07, 6.45) is 0. The van der Waals surface area contributed by atoms with E-state index in [4.69, 9.17) is 9.47 Å². The number of benzene rings is 1. The van der Waals surface area contributed by atoms with Crippen LogP contribution in [0.1, 0.15) is 0 Å². The lowest BCUT2D eigenvalue weighted by molar-refractivity contribution is 0.382. The van der Waals surface area contributed by atoms with E-state index < -0.39 is 0 Å². The number of anilines is 2. The number of hydrogen-bond donors (Lipinski definition) is 0. The van der Waals surface area contributed by atoms with Crippen LogP contribution in [0, 0.1) is 0 Å². The number of rotatable bonds is 1. The van der Waals surface area contributed by atoms with Crippen LogP contribution in [0.25, 0.3) is 0 Å². The number of fused-ring (bicyclic) bond motifs is 2. The van der Waals surface area contributed by atoms with Gasteiger partial charge in [-0.15, -0.1) is 10.2 Å². The Labute approximate surface area is 98.6 Å². The van der Waals surface area contributed by atoms with Gasteiger partial charge in [0.1, 0.15) is 5.69 Å². The lowest BCUT2D eigenvalue weighted by atomic mass is 10.2. The summed E-state index contributed by atoms with van der Waals surface area (Å²) in [5.41, 5.74) is 1.84. The van der Waals surface area contributed by atoms with E-state index >= 15 is 0 Å². The first-order valence-electron chi connectivity index (χ1n) is 5.22. The Morgan fingerprint density at radius 3 is 2.82 bits per heavy atom. The second kappa shape index (κ2) is 3.62. The van der Waals surface area contributed by atoms with Crippen LogP contribution in [0.2, 0.25) is 0 Å². The predicted octanol–water partition coefficient (Wildman–Crippen LogP) is 2.36. The molecule has 5 nitrogen and oxygen atoms in total. The molecule has 2 heterocycles. The van der Waals surface area contributed by atoms with Crippen LogP contribution in [0.3, 0.4) is 0 Å². The van der Waals surface area contributed by atoms with Gasteiger partial charge in [0.25, 0.3) is 5.88 Å². The maximum Gasteiger partial charge on any atom is 0.263 e. The second-order valence-corrected chi connectivity index (χ2v) is 3.71. The van der Waals surface area contributed by atoms with Crippen molar-refractivity contribution in [2.45, 2.75) is 0 Å². The van der Waals surface area contributed by atoms with Crippen LogP contribution in [-0.4, -0.2) is 24.4 Å². The van der Waals surface area contributed by atoms with Crippen molar-refractivity contribution in [1.82, 2.24) is 10.2 Å². The summed E-state index contributed by atoms with van der Waals surface area (Å²) in [7, 11) is 3.52. The molecule has 0 bridgehead atoms. The molecular weight excluding hydrogens is 218 g/mol. The van der Waals surface area contributed by atoms with Gasteiger partial charge in [-0.3, -0.25) is 0 Å². The lowest BCUT2D eigenvalue weighted by Gasteiger charge is -2.28. The van der Waals surface area contributed by atoms with Crippen molar-refractivity contribution in [3.63, 3.8) is 0 Å². The van der Waals surface area contributed by atoms with Crippen molar-refractivity contribution in [2.75, 3.05) is 19.1 Å². The molecule has 1 aromatic carbocycles. The Bertz CT molecular complexity index is 571. The van der Waals surface area contributed by atoms with E-state index in [-0.39, 0.29) is 0 Å². The molecule has 0 N–H and O–H groups in total. The van der Waals surface area contributed by atoms with Crippen molar-refractivity contribution >= 4 is 11.4 Å². The van der Waals surface area contributed by atoms with Crippen LogP contribution in [0.15, 0.2) is 30.3 Å². The average molecular weight is 229 g/mol. The topological polar surface area (TPSA) is 47.5 Å². The molecule has 0 unspecified atom stereocenters. The molecule has 17 heavy (non-hydrogen) atoms. The van der Waals surface area contributed by atoms with Crippen LogP contribution >= 0.6 is 0 Å². The van der Waals surface area contributed by atoms with Gasteiger partial charge in [0.2, 0.25) is 5.88 Å². The summed E-state index contributed by atoms with van der Waals surface area (Å²) >= 11 is 0. The molecule has 0 saturated heterocycles. The Morgan fingerprint density at radius 1 is 1.18 bits per heavy atom. The number of aromatic nitrogens is 2. The minimum absolute atomic E-state index is 0.471. The zero-order valence-corrected chi connectivity index (χ0v) is 9.54. The van der Waals surface area contributed by atoms with E-state index in [2.05, 4.69) is 10.2 Å². The molecule has 1 aliphatic heterocycles. The predicted molar refractivity (Wildman–Crippen MR) is 63.2 cm³/mol. The first-order chi connectivity index (χ1) is 8.29. The SMILES string of the molecule is COc1cc2c(nn1)Oc1ccccc1N2C. The summed E-state index contributed by atoms with van der Waals surface area (Å²) in [5, 5.41) is 7.89. The molecule has 2 aromatic rings. The van der Waals surface area contributed by atoms with Gasteiger partial charge in [-0.2, -0.15) is 0 Å². The second-order valence-electron chi connectivity index (χ2n) is 3.71. The summed E-state index contributed by atoms with van der Waals surface area (Å²) in [6, 6.07) is 9.59. The van der Waals surface area contributed by atoms with Crippen molar-refractivity contribution in [2.24, 2.45) is 0 Å². The highest BCUT2D eigenvalue weighted by Crippen LogP contribution is 2.44. The van der Waals surface area contributed by atoms with Crippen molar-refractivity contribution < 1.29 is 9.47 Å². The zero-order valence-electron chi connectivity index (χ0n) is 9.54. The summed E-state index contributed by atoms with van der Waals surface area (Å²) < 4.78 is 10.7. The standard InChI is InChI=1S/C12H11N3O2/c1-15-8-5-3-4-6-10(8)17-12-9(15)7-11(16-2)13-14-12/h3-7H,1-2H3. The van der Waals surface area contributed by atoms with Crippen molar-refractivity contribution in [3.05, 3.63) is 30.3 Å². The van der Waals surface area contributed by atoms with Gasteiger partial charge in [0, 0.05) is 13.1 Å². The maximum atomic E-state index is 5.68. The van der Waals surface area contributed by atoms with Crippen LogP contribution < -0.4 is 14.4 Å². The molecule has 0 radical (unpaired) electrons. The highest BCUT2D eigenvalue weighted by atomic mass is 16.5. The third-order valence-electron chi connectivity index (χ3n) is 2.72. The number of methoxy groups -OCH3 is 1. The Balaban J connectivity index is 2.13. The number of nitrogens with zero attached hydrogens (tertiary/aromatic N) is 3. The zero-order chi connectivity index (χ0) is 11.8. The quantitative estimate of drug-likeness (QED) is 0.751. The fourth-order valence-electron chi connectivity index (χ4n) is 1.82. The summed E-state index contributed by atoms with van der Waals surface area (Å²) in [5.74, 6) is 1.74. The highest BCUT2D eigenvalue weighted by Gasteiger charge is 2.23. The molecule has 0 atom stereocenters. The minimum Gasteiger partial charge on any atom is -0.480 e. The number of ether oxygens (including phenoxy) is 2. The first-order valence-corrected chi connectivity index (χ1v) is 5.22. The van der Waals surface area contributed by atoms with Crippen molar-refractivity contribution in [1.29, 1.82) is 0 Å². The molecule has 0 fully saturated rings. The Kier molecular flexibility index (Phi) is 2.11. The normalized spacial score (nSPS) is 12.5. The van der Waals surface area contributed by atoms with E-state index in [1.165, 1.54) is 0 Å². The number of para-hydroxylation sites is 2. The summed E-state index contributed by atoms with van der Waals surface area (Å²) in [4.78, 5) is 2.01. The minimum atomic E-state index is 0.471. The molecule has 86 valence electrons. The largest absolute Gasteiger partial charge is 0.480 e. The lowest BCUT2D eigenvalue weighted by Crippen LogP contribution is -2.16. The van der Waals surface area contributed by atoms with Gasteiger partial charge in [0.05, 0.1) is 12.8 Å². The van der Waals surface area contributed by atoms with Crippen LogP contribution in [0.5, 0.6) is 17.5 Å². The first kappa shape index (κ1) is 9.89. The summed E-state index contributed by atoms with van der Waals surface area (Å²) in [6.45, 7) is 0. The third-order valence-corrected chi connectivity index (χ3v) is 2.72. The van der Waals surface area contributed by atoms with Gasteiger partial charge in [-0.1, -0.05) is 12.1 Å². The van der Waals surface area contributed by atoms with E-state index in [1.807, 2.05) is 36.2 Å².